The van der Waals surface area contributed by atoms with Crippen molar-refractivity contribution in [3.63, 3.8) is 0 Å². The van der Waals surface area contributed by atoms with E-state index < -0.39 is 97.5 Å². The van der Waals surface area contributed by atoms with Crippen LogP contribution in [0.2, 0.25) is 0 Å². The van der Waals surface area contributed by atoms with Gasteiger partial charge >= 0.3 is 39.5 Å². The summed E-state index contributed by atoms with van der Waals surface area (Å²) in [6.07, 6.45) is 65.9. The Hall–Kier alpha value is -2.46. The molecule has 572 valence electrons. The predicted molar refractivity (Wildman–Crippen MR) is 395 cm³/mol. The number of aliphatic hydroxyl groups excluding tert-OH is 1. The Bertz CT molecular complexity index is 1940. The number of phosphoric acid groups is 2. The summed E-state index contributed by atoms with van der Waals surface area (Å²) < 4.78 is 68.5. The number of ether oxygens (including phenoxy) is 4. The van der Waals surface area contributed by atoms with Crippen molar-refractivity contribution in [2.24, 2.45) is 0 Å². The van der Waals surface area contributed by atoms with Crippen LogP contribution < -0.4 is 0 Å². The lowest BCUT2D eigenvalue weighted by atomic mass is 10.0. The second-order valence-electron chi connectivity index (χ2n) is 27.4. The van der Waals surface area contributed by atoms with Crippen LogP contribution in [0.1, 0.15) is 394 Å². The summed E-state index contributed by atoms with van der Waals surface area (Å²) in [6.45, 7) is 4.93. The summed E-state index contributed by atoms with van der Waals surface area (Å²) in [5.74, 6) is -2.14. The van der Waals surface area contributed by atoms with Crippen molar-refractivity contribution in [1.82, 2.24) is 0 Å². The molecule has 5 atom stereocenters. The minimum atomic E-state index is -4.97. The van der Waals surface area contributed by atoms with Crippen molar-refractivity contribution < 1.29 is 80.2 Å². The Morgan fingerprint density at radius 1 is 0.289 bits per heavy atom. The van der Waals surface area contributed by atoms with Gasteiger partial charge in [0.05, 0.1) is 26.4 Å². The van der Waals surface area contributed by atoms with E-state index in [4.69, 9.17) is 37.0 Å². The van der Waals surface area contributed by atoms with Gasteiger partial charge in [-0.2, -0.15) is 0 Å². The van der Waals surface area contributed by atoms with Crippen molar-refractivity contribution in [2.45, 2.75) is 412 Å². The Morgan fingerprint density at radius 3 is 0.753 bits per heavy atom. The molecule has 0 radical (unpaired) electrons. The highest BCUT2D eigenvalue weighted by Gasteiger charge is 2.30. The van der Waals surface area contributed by atoms with E-state index in [0.29, 0.717) is 25.7 Å². The van der Waals surface area contributed by atoms with Gasteiger partial charge in [0.2, 0.25) is 0 Å². The first kappa shape index (κ1) is 94.5. The fraction of sp³-hybridized carbons (Fsp3) is 0.897. The van der Waals surface area contributed by atoms with Crippen molar-refractivity contribution in [1.29, 1.82) is 0 Å². The first-order chi connectivity index (χ1) is 47.2. The molecule has 0 aromatic rings. The van der Waals surface area contributed by atoms with Crippen LogP contribution in [0.3, 0.4) is 0 Å². The summed E-state index contributed by atoms with van der Waals surface area (Å²) in [6, 6.07) is 0. The molecular weight excluding hydrogens is 1270 g/mol. The number of rotatable bonds is 77. The highest BCUT2D eigenvalue weighted by molar-refractivity contribution is 7.47. The summed E-state index contributed by atoms with van der Waals surface area (Å²) in [4.78, 5) is 72.8. The van der Waals surface area contributed by atoms with Crippen LogP contribution in [0.25, 0.3) is 0 Å². The lowest BCUT2D eigenvalue weighted by molar-refractivity contribution is -0.161. The van der Waals surface area contributed by atoms with Crippen molar-refractivity contribution >= 4 is 39.5 Å². The Balaban J connectivity index is 5.26. The van der Waals surface area contributed by atoms with Crippen molar-refractivity contribution in [2.75, 3.05) is 39.6 Å². The Labute approximate surface area is 592 Å². The molecule has 0 aliphatic rings. The third kappa shape index (κ3) is 71.7. The van der Waals surface area contributed by atoms with Gasteiger partial charge in [-0.05, 0) is 51.4 Å². The minimum Gasteiger partial charge on any atom is -0.462 e. The van der Waals surface area contributed by atoms with Crippen LogP contribution in [0.4, 0.5) is 0 Å². The van der Waals surface area contributed by atoms with Gasteiger partial charge in [0, 0.05) is 25.7 Å². The molecule has 2 unspecified atom stereocenters. The van der Waals surface area contributed by atoms with Crippen LogP contribution in [0.15, 0.2) is 24.3 Å². The van der Waals surface area contributed by atoms with Crippen molar-refractivity contribution in [3.05, 3.63) is 24.3 Å². The van der Waals surface area contributed by atoms with Gasteiger partial charge in [-0.1, -0.05) is 341 Å². The maximum absolute atomic E-state index is 13.1. The maximum atomic E-state index is 13.1. The quantitative estimate of drug-likeness (QED) is 0.0169. The minimum absolute atomic E-state index is 0.102. The molecule has 0 aromatic heterocycles. The van der Waals surface area contributed by atoms with Crippen LogP contribution in [0, 0.1) is 0 Å². The standard InChI is InChI=1S/C78H148O17P2/c1-5-9-13-17-21-25-29-32-34-35-36-37-39-41-45-49-53-57-61-65-78(83)95-74(69-89-76(81)63-59-55-51-47-44-40-38-33-30-26-22-18-14-10-6-2)71-93-97(86,87)91-67-72(79)66-90-96(84,85)92-70-73(68-88-75(80)62-58-54-50-46-42-28-24-20-16-12-8-4)94-77(82)64-60-56-52-48-43-31-27-23-19-15-11-7-3/h26,30,33,38,72-74,79H,5-25,27-29,31-32,34-37,39-71H2,1-4H3,(H,84,85)(H,86,87)/b30-26-,38-33-/t72-,73+,74+/m0/s1. The Morgan fingerprint density at radius 2 is 0.495 bits per heavy atom. The Kier molecular flexibility index (Phi) is 70.1. The van der Waals surface area contributed by atoms with Gasteiger partial charge in [0.15, 0.2) is 12.2 Å². The smallest absolute Gasteiger partial charge is 0.462 e. The van der Waals surface area contributed by atoms with E-state index in [9.17, 15) is 43.2 Å². The third-order valence-corrected chi connectivity index (χ3v) is 19.6. The lowest BCUT2D eigenvalue weighted by Crippen LogP contribution is -2.30. The molecule has 17 nitrogen and oxygen atoms in total. The monoisotopic (exact) mass is 1420 g/mol. The number of allylic oxidation sites excluding steroid dienone is 4. The van der Waals surface area contributed by atoms with E-state index in [2.05, 4.69) is 52.0 Å². The number of phosphoric ester groups is 2. The molecule has 0 rings (SSSR count). The number of hydrogen-bond donors (Lipinski definition) is 3. The fourth-order valence-corrected chi connectivity index (χ4v) is 13.1. The molecule has 3 N–H and O–H groups in total. The van der Waals surface area contributed by atoms with E-state index in [-0.39, 0.29) is 25.7 Å². The molecular formula is C78H148O17P2. The maximum Gasteiger partial charge on any atom is 0.472 e. The molecule has 97 heavy (non-hydrogen) atoms. The number of hydrogen-bond acceptors (Lipinski definition) is 15. The largest absolute Gasteiger partial charge is 0.472 e. The number of esters is 4. The zero-order chi connectivity index (χ0) is 71.1. The zero-order valence-corrected chi connectivity index (χ0v) is 64.3. The lowest BCUT2D eigenvalue weighted by Gasteiger charge is -2.21. The van der Waals surface area contributed by atoms with Gasteiger partial charge in [0.1, 0.15) is 19.3 Å². The molecule has 0 saturated heterocycles. The molecule has 0 aromatic carbocycles. The van der Waals surface area contributed by atoms with Crippen LogP contribution in [-0.2, 0) is 65.4 Å². The van der Waals surface area contributed by atoms with Gasteiger partial charge in [0.25, 0.3) is 0 Å². The molecule has 0 spiro atoms. The molecule has 0 heterocycles. The average molecular weight is 1420 g/mol. The topological polar surface area (TPSA) is 237 Å². The van der Waals surface area contributed by atoms with Crippen LogP contribution >= 0.6 is 15.6 Å². The van der Waals surface area contributed by atoms with E-state index in [0.717, 1.165) is 109 Å². The fourth-order valence-electron chi connectivity index (χ4n) is 11.6. The molecule has 0 fully saturated rings. The second-order valence-corrected chi connectivity index (χ2v) is 30.3. The second kappa shape index (κ2) is 71.9. The van der Waals surface area contributed by atoms with Crippen LogP contribution in [0.5, 0.6) is 0 Å². The summed E-state index contributed by atoms with van der Waals surface area (Å²) in [7, 11) is -9.92. The number of aliphatic hydroxyl groups is 1. The summed E-state index contributed by atoms with van der Waals surface area (Å²) in [5.41, 5.74) is 0. The number of unbranched alkanes of at least 4 members (excludes halogenated alkanes) is 48. The first-order valence-corrected chi connectivity index (χ1v) is 43.1. The summed E-state index contributed by atoms with van der Waals surface area (Å²) >= 11 is 0. The zero-order valence-electron chi connectivity index (χ0n) is 62.5. The highest BCUT2D eigenvalue weighted by atomic mass is 31.2. The SMILES string of the molecule is CCCCCC/C=C\C=C/CCCCCCCC(=O)OC[C@H](COP(=O)(O)OC[C@@H](O)COP(=O)(O)OC[C@@H](COC(=O)CCCCCCCCCCCCC)OC(=O)CCCCCCCCCCCCCC)OC(=O)CCCCCCCCCCCCCCCCCCCCC. The summed E-state index contributed by atoms with van der Waals surface area (Å²) in [5, 5.41) is 10.6. The van der Waals surface area contributed by atoms with E-state index in [1.807, 2.05) is 0 Å². The van der Waals surface area contributed by atoms with Gasteiger partial charge in [-0.3, -0.25) is 37.3 Å². The number of carbonyl (C=O) groups is 4. The molecule has 19 heteroatoms. The molecule has 0 aliphatic heterocycles. The number of carbonyl (C=O) groups excluding carboxylic acids is 4. The predicted octanol–water partition coefficient (Wildman–Crippen LogP) is 23.0. The van der Waals surface area contributed by atoms with Gasteiger partial charge < -0.3 is 33.8 Å². The highest BCUT2D eigenvalue weighted by Crippen LogP contribution is 2.45. The van der Waals surface area contributed by atoms with Crippen LogP contribution in [-0.4, -0.2) is 96.7 Å². The van der Waals surface area contributed by atoms with E-state index >= 15 is 0 Å². The van der Waals surface area contributed by atoms with Gasteiger partial charge in [-0.15, -0.1) is 0 Å². The average Bonchev–Trinajstić information content (AvgIpc) is 1.57. The molecule has 0 amide bonds. The normalized spacial score (nSPS) is 14.0. The molecule has 0 bridgehead atoms. The van der Waals surface area contributed by atoms with E-state index in [1.54, 1.807) is 0 Å². The van der Waals surface area contributed by atoms with E-state index in [1.165, 1.54) is 205 Å². The van der Waals surface area contributed by atoms with Crippen molar-refractivity contribution in [3.8, 4) is 0 Å². The van der Waals surface area contributed by atoms with Gasteiger partial charge in [-0.25, -0.2) is 9.13 Å². The molecule has 0 aliphatic carbocycles. The third-order valence-electron chi connectivity index (χ3n) is 17.7. The first-order valence-electron chi connectivity index (χ1n) is 40.1. The molecule has 0 saturated carbocycles.